The summed E-state index contributed by atoms with van der Waals surface area (Å²) in [5.41, 5.74) is 0. The predicted molar refractivity (Wildman–Crippen MR) is 96.7 cm³/mol. The van der Waals surface area contributed by atoms with Crippen LogP contribution in [0.25, 0.3) is 0 Å². The summed E-state index contributed by atoms with van der Waals surface area (Å²) in [6, 6.07) is 5.41. The number of halogens is 1. The second-order valence-electron chi connectivity index (χ2n) is 4.15. The van der Waals surface area contributed by atoms with Gasteiger partial charge in [-0.2, -0.15) is 0 Å². The number of pyridine rings is 1. The van der Waals surface area contributed by atoms with Crippen molar-refractivity contribution < 1.29 is 0 Å². The van der Waals surface area contributed by atoms with Crippen molar-refractivity contribution in [1.29, 1.82) is 0 Å². The first kappa shape index (κ1) is 28.4. The van der Waals surface area contributed by atoms with Gasteiger partial charge < -0.3 is 0 Å². The van der Waals surface area contributed by atoms with E-state index >= 15 is 0 Å². The van der Waals surface area contributed by atoms with Crippen molar-refractivity contribution in [2.24, 2.45) is 0 Å². The van der Waals surface area contributed by atoms with Gasteiger partial charge in [0.15, 0.2) is 0 Å². The summed E-state index contributed by atoms with van der Waals surface area (Å²) in [7, 11) is 0. The van der Waals surface area contributed by atoms with E-state index in [1.54, 1.807) is 12.3 Å². The van der Waals surface area contributed by atoms with Gasteiger partial charge in [-0.05, 0) is 12.1 Å². The molecule has 0 amide bonds. The van der Waals surface area contributed by atoms with Gasteiger partial charge in [0.2, 0.25) is 0 Å². The molecule has 1 aromatic heterocycles. The Morgan fingerprint density at radius 1 is 0.750 bits per heavy atom. The molecule has 0 aliphatic rings. The van der Waals surface area contributed by atoms with E-state index in [0.29, 0.717) is 5.15 Å². The van der Waals surface area contributed by atoms with Crippen molar-refractivity contribution in [1.82, 2.24) is 4.98 Å². The second-order valence-corrected chi connectivity index (χ2v) is 4.54. The maximum atomic E-state index is 5.43. The summed E-state index contributed by atoms with van der Waals surface area (Å²) in [6.07, 6.45) is 9.57. The third-order valence-corrected chi connectivity index (χ3v) is 2.35. The first-order valence-corrected chi connectivity index (χ1v) is 8.08. The van der Waals surface area contributed by atoms with E-state index in [9.17, 15) is 0 Å². The van der Waals surface area contributed by atoms with E-state index in [2.05, 4.69) is 46.5 Å². The molecule has 0 aliphatic heterocycles. The van der Waals surface area contributed by atoms with Gasteiger partial charge in [-0.25, -0.2) is 4.98 Å². The summed E-state index contributed by atoms with van der Waals surface area (Å²) < 4.78 is 0. The van der Waals surface area contributed by atoms with Gasteiger partial charge in [0.05, 0.1) is 0 Å². The number of nitrogens with zero attached hydrogens (tertiary/aromatic N) is 1. The minimum absolute atomic E-state index is 0. The molecular weight excluding hydrogens is 372 g/mol. The van der Waals surface area contributed by atoms with E-state index in [4.69, 9.17) is 11.6 Å². The molecule has 0 aromatic carbocycles. The van der Waals surface area contributed by atoms with E-state index in [0.717, 1.165) is 0 Å². The third kappa shape index (κ3) is 42.9. The Labute approximate surface area is 149 Å². The molecule has 0 atom stereocenters. The van der Waals surface area contributed by atoms with Crippen LogP contribution in [0.3, 0.4) is 0 Å². The number of hydrogen-bond donors (Lipinski definition) is 0. The Bertz CT molecular complexity index is 202. The molecule has 0 fully saturated rings. The van der Waals surface area contributed by atoms with Crippen LogP contribution in [0.2, 0.25) is 5.15 Å². The minimum Gasteiger partial charge on any atom is -0.245 e. The average molecular weight is 407 g/mol. The Balaban J connectivity index is -0.0000000881. The molecule has 20 heavy (non-hydrogen) atoms. The maximum absolute atomic E-state index is 5.43. The number of aromatic nitrogens is 1. The van der Waals surface area contributed by atoms with Crippen LogP contribution in [0.15, 0.2) is 24.4 Å². The first-order valence-electron chi connectivity index (χ1n) is 7.70. The molecule has 1 heterocycles. The van der Waals surface area contributed by atoms with Gasteiger partial charge >= 0.3 is 0 Å². The minimum atomic E-state index is 0. The molecule has 1 nitrogen and oxygen atoms in total. The molecule has 0 spiro atoms. The van der Waals surface area contributed by atoms with Crippen molar-refractivity contribution in [3.8, 4) is 0 Å². The molecule has 1 rings (SSSR count). The van der Waals surface area contributed by atoms with Crippen LogP contribution in [-0.4, -0.2) is 28.9 Å². The number of rotatable bonds is 3. The van der Waals surface area contributed by atoms with Gasteiger partial charge in [0, 0.05) is 30.1 Å². The molecule has 1 aromatic rings. The predicted octanol–water partition coefficient (Wildman–Crippen LogP) is 6.77. The van der Waals surface area contributed by atoms with E-state index < -0.39 is 0 Å². The largest absolute Gasteiger partial charge is 0.245 e. The molecular formula is C17H34ClNSn. The molecule has 4 radical (unpaired) electrons. The van der Waals surface area contributed by atoms with Crippen LogP contribution in [0.5, 0.6) is 0 Å². The Morgan fingerprint density at radius 3 is 1.20 bits per heavy atom. The Hall–Kier alpha value is 0.239. The van der Waals surface area contributed by atoms with Gasteiger partial charge in [0.25, 0.3) is 0 Å². The van der Waals surface area contributed by atoms with Crippen molar-refractivity contribution in [2.75, 3.05) is 0 Å². The van der Waals surface area contributed by atoms with Crippen molar-refractivity contribution >= 4 is 35.5 Å². The standard InChI is InChI=1S/C5H4ClN.3C4H10.Sn/c6-5-3-1-2-4-7-5;3*1-3-4-2;/h1-4H;3*3-4H2,1-2H3;. The fraction of sp³-hybridized carbons (Fsp3) is 0.706. The smallest absolute Gasteiger partial charge is 0.129 e. The molecule has 0 bridgehead atoms. The molecule has 0 N–H and O–H groups in total. The number of hydrogen-bond acceptors (Lipinski definition) is 1. The molecule has 0 saturated heterocycles. The molecule has 3 heteroatoms. The summed E-state index contributed by atoms with van der Waals surface area (Å²) in [4.78, 5) is 3.74. The fourth-order valence-electron chi connectivity index (χ4n) is 0.342. The number of unbranched alkanes of at least 4 members (excludes halogenated alkanes) is 3. The van der Waals surface area contributed by atoms with Crippen molar-refractivity contribution in [2.45, 2.75) is 80.1 Å². The van der Waals surface area contributed by atoms with Crippen LogP contribution in [0.1, 0.15) is 80.1 Å². The summed E-state index contributed by atoms with van der Waals surface area (Å²) in [5, 5.41) is 0.544. The zero-order valence-corrected chi connectivity index (χ0v) is 18.0. The maximum Gasteiger partial charge on any atom is 0.129 e. The van der Waals surface area contributed by atoms with Crippen LogP contribution in [0.4, 0.5) is 0 Å². The van der Waals surface area contributed by atoms with Crippen LogP contribution in [0, 0.1) is 0 Å². The van der Waals surface area contributed by atoms with Crippen molar-refractivity contribution in [3.63, 3.8) is 0 Å². The third-order valence-electron chi connectivity index (χ3n) is 2.13. The van der Waals surface area contributed by atoms with Gasteiger partial charge in [0.1, 0.15) is 5.15 Å². The van der Waals surface area contributed by atoms with Crippen LogP contribution < -0.4 is 0 Å². The molecule has 0 aliphatic carbocycles. The topological polar surface area (TPSA) is 12.9 Å². The summed E-state index contributed by atoms with van der Waals surface area (Å²) in [6.45, 7) is 13.1. The van der Waals surface area contributed by atoms with E-state index in [1.165, 1.54) is 38.5 Å². The zero-order valence-electron chi connectivity index (χ0n) is 14.4. The van der Waals surface area contributed by atoms with Crippen LogP contribution >= 0.6 is 11.6 Å². The molecule has 0 unspecified atom stereocenters. The summed E-state index contributed by atoms with van der Waals surface area (Å²) in [5.74, 6) is 0. The van der Waals surface area contributed by atoms with Crippen molar-refractivity contribution in [3.05, 3.63) is 29.5 Å². The normalized spacial score (nSPS) is 7.55. The summed E-state index contributed by atoms with van der Waals surface area (Å²) >= 11 is 5.43. The quantitative estimate of drug-likeness (QED) is 0.398. The van der Waals surface area contributed by atoms with E-state index in [1.807, 2.05) is 12.1 Å². The van der Waals surface area contributed by atoms with Gasteiger partial charge in [-0.1, -0.05) is 97.7 Å². The Morgan fingerprint density at radius 2 is 1.10 bits per heavy atom. The fourth-order valence-corrected chi connectivity index (χ4v) is 0.471. The first-order chi connectivity index (χ1) is 9.14. The van der Waals surface area contributed by atoms with Gasteiger partial charge in [-0.3, -0.25) is 0 Å². The molecule has 0 saturated carbocycles. The average Bonchev–Trinajstić information content (AvgIpc) is 2.48. The van der Waals surface area contributed by atoms with E-state index in [-0.39, 0.29) is 23.9 Å². The Kier molecular flexibility index (Phi) is 44.8. The SMILES string of the molecule is CCCC.CCCC.CCCC.Clc1ccccn1.[Sn]. The van der Waals surface area contributed by atoms with Crippen LogP contribution in [-0.2, 0) is 0 Å². The van der Waals surface area contributed by atoms with Gasteiger partial charge in [-0.15, -0.1) is 0 Å². The molecule has 118 valence electrons. The zero-order chi connectivity index (χ0) is 15.4. The second kappa shape index (κ2) is 31.6. The monoisotopic (exact) mass is 407 g/mol.